The maximum atomic E-state index is 12.2. The fourth-order valence-corrected chi connectivity index (χ4v) is 3.14. The Morgan fingerprint density at radius 3 is 2.24 bits per heavy atom. The molecule has 0 fully saturated rings. The standard InChI is InChI=1S/C12H16ClO3P/c1-3-15-17(14,16-4-2)10-12(13)11-8-6-5-7-9-11/h5-10H,3-4H2,1-2H3/b12-10-. The molecular formula is C12H16ClO3P. The highest BCUT2D eigenvalue weighted by molar-refractivity contribution is 7.57. The molecule has 5 heteroatoms. The molecule has 94 valence electrons. The second-order valence-corrected chi connectivity index (χ2v) is 5.48. The van der Waals surface area contributed by atoms with Crippen LogP contribution >= 0.6 is 19.2 Å². The Morgan fingerprint density at radius 1 is 1.24 bits per heavy atom. The summed E-state index contributed by atoms with van der Waals surface area (Å²) in [6.07, 6.45) is 0. The Hall–Kier alpha value is -0.600. The van der Waals surface area contributed by atoms with Crippen LogP contribution in [-0.2, 0) is 13.6 Å². The highest BCUT2D eigenvalue weighted by Crippen LogP contribution is 2.52. The molecule has 0 unspecified atom stereocenters. The second kappa shape index (κ2) is 6.97. The lowest BCUT2D eigenvalue weighted by molar-refractivity contribution is 0.229. The monoisotopic (exact) mass is 274 g/mol. The lowest BCUT2D eigenvalue weighted by atomic mass is 10.2. The van der Waals surface area contributed by atoms with Crippen LogP contribution in [0, 0.1) is 0 Å². The highest BCUT2D eigenvalue weighted by Gasteiger charge is 2.21. The first kappa shape index (κ1) is 14.5. The van der Waals surface area contributed by atoms with Crippen molar-refractivity contribution in [3.05, 3.63) is 41.7 Å². The summed E-state index contributed by atoms with van der Waals surface area (Å²) < 4.78 is 22.5. The Kier molecular flexibility index (Phi) is 5.93. The van der Waals surface area contributed by atoms with Crippen molar-refractivity contribution in [2.24, 2.45) is 0 Å². The SMILES string of the molecule is CCOP(=O)(/C=C(\Cl)c1ccccc1)OCC. The summed E-state index contributed by atoms with van der Waals surface area (Å²) in [5.41, 5.74) is 0.786. The molecule has 0 aliphatic heterocycles. The fourth-order valence-electron chi connectivity index (χ4n) is 1.28. The smallest absolute Gasteiger partial charge is 0.306 e. The largest absolute Gasteiger partial charge is 0.355 e. The predicted octanol–water partition coefficient (Wildman–Crippen LogP) is 4.49. The van der Waals surface area contributed by atoms with E-state index in [9.17, 15) is 4.57 Å². The third-order valence-corrected chi connectivity index (χ3v) is 4.23. The summed E-state index contributed by atoms with van der Waals surface area (Å²) in [7, 11) is -3.23. The van der Waals surface area contributed by atoms with Crippen molar-refractivity contribution in [1.82, 2.24) is 0 Å². The molecule has 0 amide bonds. The Labute approximate surface area is 107 Å². The van der Waals surface area contributed by atoms with Crippen LogP contribution < -0.4 is 0 Å². The van der Waals surface area contributed by atoms with E-state index in [-0.39, 0.29) is 0 Å². The summed E-state index contributed by atoms with van der Waals surface area (Å²) in [5.74, 6) is 1.36. The second-order valence-electron chi connectivity index (χ2n) is 3.22. The summed E-state index contributed by atoms with van der Waals surface area (Å²) >= 11 is 6.09. The molecule has 1 aromatic rings. The topological polar surface area (TPSA) is 35.5 Å². The van der Waals surface area contributed by atoms with Gasteiger partial charge < -0.3 is 9.05 Å². The molecular weight excluding hydrogens is 259 g/mol. The molecule has 0 spiro atoms. The normalized spacial score (nSPS) is 12.8. The number of hydrogen-bond donors (Lipinski definition) is 0. The van der Waals surface area contributed by atoms with E-state index in [0.717, 1.165) is 5.56 Å². The van der Waals surface area contributed by atoms with Gasteiger partial charge in [-0.05, 0) is 19.4 Å². The van der Waals surface area contributed by atoms with Crippen molar-refractivity contribution in [3.8, 4) is 0 Å². The first-order valence-corrected chi connectivity index (χ1v) is 7.43. The van der Waals surface area contributed by atoms with Gasteiger partial charge >= 0.3 is 7.60 Å². The first-order chi connectivity index (χ1) is 8.11. The Bertz CT molecular complexity index is 407. The van der Waals surface area contributed by atoms with E-state index < -0.39 is 7.60 Å². The molecule has 0 N–H and O–H groups in total. The van der Waals surface area contributed by atoms with Crippen LogP contribution in [0.4, 0.5) is 0 Å². The van der Waals surface area contributed by atoms with Crippen molar-refractivity contribution in [2.75, 3.05) is 13.2 Å². The molecule has 0 aromatic heterocycles. The number of benzene rings is 1. The minimum absolute atomic E-state index is 0.312. The van der Waals surface area contributed by atoms with Gasteiger partial charge in [-0.25, -0.2) is 0 Å². The maximum absolute atomic E-state index is 12.2. The van der Waals surface area contributed by atoms with Crippen molar-refractivity contribution in [1.29, 1.82) is 0 Å². The first-order valence-electron chi connectivity index (χ1n) is 5.44. The van der Waals surface area contributed by atoms with E-state index in [2.05, 4.69) is 0 Å². The van der Waals surface area contributed by atoms with E-state index in [0.29, 0.717) is 18.2 Å². The quantitative estimate of drug-likeness (QED) is 0.717. The summed E-state index contributed by atoms with van der Waals surface area (Å²) in [5, 5.41) is 0.371. The molecule has 0 aliphatic carbocycles. The third-order valence-electron chi connectivity index (χ3n) is 1.94. The predicted molar refractivity (Wildman–Crippen MR) is 71.1 cm³/mol. The zero-order valence-corrected chi connectivity index (χ0v) is 11.6. The molecule has 0 radical (unpaired) electrons. The molecule has 0 saturated heterocycles. The lowest BCUT2D eigenvalue weighted by Gasteiger charge is -2.13. The van der Waals surface area contributed by atoms with Gasteiger partial charge in [0, 0.05) is 5.82 Å². The average molecular weight is 275 g/mol. The van der Waals surface area contributed by atoms with Crippen molar-refractivity contribution in [3.63, 3.8) is 0 Å². The summed E-state index contributed by atoms with van der Waals surface area (Å²) in [6.45, 7) is 4.14. The van der Waals surface area contributed by atoms with Crippen LogP contribution in [0.15, 0.2) is 36.1 Å². The van der Waals surface area contributed by atoms with Gasteiger partial charge in [-0.15, -0.1) is 0 Å². The van der Waals surface area contributed by atoms with Gasteiger partial charge in [0.15, 0.2) is 0 Å². The molecule has 0 heterocycles. The van der Waals surface area contributed by atoms with E-state index in [1.165, 1.54) is 5.82 Å². The summed E-state index contributed by atoms with van der Waals surface area (Å²) in [4.78, 5) is 0. The Balaban J connectivity index is 2.95. The van der Waals surface area contributed by atoms with Gasteiger partial charge in [-0.2, -0.15) is 0 Å². The van der Waals surface area contributed by atoms with Crippen LogP contribution in [-0.4, -0.2) is 13.2 Å². The maximum Gasteiger partial charge on any atom is 0.355 e. The van der Waals surface area contributed by atoms with E-state index in [1.54, 1.807) is 13.8 Å². The van der Waals surface area contributed by atoms with E-state index >= 15 is 0 Å². The Morgan fingerprint density at radius 2 is 1.76 bits per heavy atom. The van der Waals surface area contributed by atoms with E-state index in [1.807, 2.05) is 30.3 Å². The van der Waals surface area contributed by atoms with Crippen LogP contribution in [0.3, 0.4) is 0 Å². The van der Waals surface area contributed by atoms with Crippen LogP contribution in [0.1, 0.15) is 19.4 Å². The minimum Gasteiger partial charge on any atom is -0.306 e. The molecule has 1 rings (SSSR count). The number of halogens is 1. The zero-order valence-electron chi connectivity index (χ0n) is 9.93. The van der Waals surface area contributed by atoms with Crippen LogP contribution in [0.2, 0.25) is 0 Å². The van der Waals surface area contributed by atoms with Crippen LogP contribution in [0.5, 0.6) is 0 Å². The van der Waals surface area contributed by atoms with Crippen molar-refractivity contribution < 1.29 is 13.6 Å². The zero-order chi connectivity index (χ0) is 12.7. The molecule has 0 saturated carbocycles. The van der Waals surface area contributed by atoms with Crippen molar-refractivity contribution in [2.45, 2.75) is 13.8 Å². The fraction of sp³-hybridized carbons (Fsp3) is 0.333. The molecule has 1 aromatic carbocycles. The molecule has 3 nitrogen and oxygen atoms in total. The number of rotatable bonds is 6. The average Bonchev–Trinajstić information content (AvgIpc) is 2.30. The van der Waals surface area contributed by atoms with Gasteiger partial charge in [0.05, 0.1) is 18.2 Å². The van der Waals surface area contributed by atoms with Gasteiger partial charge in [0.25, 0.3) is 0 Å². The molecule has 0 aliphatic rings. The van der Waals surface area contributed by atoms with Crippen molar-refractivity contribution >= 4 is 24.2 Å². The minimum atomic E-state index is -3.23. The molecule has 17 heavy (non-hydrogen) atoms. The molecule has 0 bridgehead atoms. The van der Waals surface area contributed by atoms with E-state index in [4.69, 9.17) is 20.6 Å². The lowest BCUT2D eigenvalue weighted by Crippen LogP contribution is -1.93. The molecule has 0 atom stereocenters. The highest BCUT2D eigenvalue weighted by atomic mass is 35.5. The van der Waals surface area contributed by atoms with Gasteiger partial charge in [-0.3, -0.25) is 4.57 Å². The summed E-state index contributed by atoms with van der Waals surface area (Å²) in [6, 6.07) is 9.27. The van der Waals surface area contributed by atoms with Gasteiger partial charge in [0.1, 0.15) is 0 Å². The van der Waals surface area contributed by atoms with Gasteiger partial charge in [0.2, 0.25) is 0 Å². The van der Waals surface area contributed by atoms with Gasteiger partial charge in [-0.1, -0.05) is 41.9 Å². The van der Waals surface area contributed by atoms with Crippen LogP contribution in [0.25, 0.3) is 5.03 Å². The third kappa shape index (κ3) is 4.64. The number of hydrogen-bond acceptors (Lipinski definition) is 3.